The molecule has 0 unspecified atom stereocenters. The molecule has 0 spiro atoms. The highest BCUT2D eigenvalue weighted by molar-refractivity contribution is 7.99. The zero-order valence-corrected chi connectivity index (χ0v) is 46.2. The van der Waals surface area contributed by atoms with Gasteiger partial charge >= 0.3 is 11.9 Å². The van der Waals surface area contributed by atoms with Crippen molar-refractivity contribution in [2.45, 2.75) is 93.9 Å². The number of carbonyl (C=O) groups excluding carboxylic acids is 2. The molecule has 0 aromatic rings. The minimum absolute atomic E-state index is 0.157. The number of rotatable bonds is 15. The maximum atomic E-state index is 9.96. The van der Waals surface area contributed by atoms with Gasteiger partial charge in [-0.2, -0.15) is 47.9 Å². The second-order valence-electron chi connectivity index (χ2n) is 8.68. The van der Waals surface area contributed by atoms with Crippen molar-refractivity contribution in [1.82, 2.24) is 0 Å². The molecule has 0 amide bonds. The van der Waals surface area contributed by atoms with Crippen LogP contribution in [0.2, 0.25) is 0 Å². The molecular weight excluding hydrogens is 873 g/mol. The molecule has 0 aliphatic heterocycles. The Kier molecular flexibility index (Phi) is 167. The zero-order chi connectivity index (χ0) is 46.7. The fourth-order valence-corrected chi connectivity index (χ4v) is 2.01. The number of hydrogen-bond donors (Lipinski definition) is 1. The fraction of sp³-hybridized carbons (Fsp3) is 0.895. The molecule has 0 saturated carbocycles. The van der Waals surface area contributed by atoms with Crippen molar-refractivity contribution in [1.29, 1.82) is 0 Å². The molecule has 0 aliphatic carbocycles. The number of ether oxygens (including phenoxy) is 8. The lowest BCUT2D eigenvalue weighted by atomic mass is 10.5. The second-order valence-corrected chi connectivity index (χ2v) is 15.0. The maximum Gasteiger partial charge on any atom is 0.305 e. The van der Waals surface area contributed by atoms with Crippen LogP contribution in [-0.2, 0) is 47.5 Å². The van der Waals surface area contributed by atoms with Crippen molar-refractivity contribution >= 4 is 118 Å². The lowest BCUT2D eigenvalue weighted by Gasteiger charge is -1.91. The number of hydrogen-bond acceptors (Lipinski definition) is 18. The molecular formula is C38H90O10S8. The van der Waals surface area contributed by atoms with Crippen molar-refractivity contribution < 1.29 is 47.5 Å². The summed E-state index contributed by atoms with van der Waals surface area (Å²) in [6.07, 6.45) is 15.4. The van der Waals surface area contributed by atoms with Gasteiger partial charge in [-0.1, -0.05) is 55.4 Å². The highest BCUT2D eigenvalue weighted by Crippen LogP contribution is 1.91. The molecule has 56 heavy (non-hydrogen) atoms. The van der Waals surface area contributed by atoms with Gasteiger partial charge in [-0.25, -0.2) is 0 Å². The van der Waals surface area contributed by atoms with Gasteiger partial charge in [0.1, 0.15) is 6.79 Å². The molecule has 18 heteroatoms. The highest BCUT2D eigenvalue weighted by atomic mass is 32.2. The molecule has 0 atom stereocenters. The first-order chi connectivity index (χ1) is 26.6. The van der Waals surface area contributed by atoms with E-state index in [4.69, 9.17) is 0 Å². The average Bonchev–Trinajstić information content (AvgIpc) is 3.25. The topological polar surface area (TPSA) is 108 Å². The molecule has 0 N–H and O–H groups in total. The van der Waals surface area contributed by atoms with E-state index in [0.717, 1.165) is 30.5 Å². The minimum atomic E-state index is -0.157. The van der Waals surface area contributed by atoms with Crippen LogP contribution in [0.1, 0.15) is 93.9 Å². The van der Waals surface area contributed by atoms with Crippen LogP contribution in [0.3, 0.4) is 0 Å². The number of thiocarbonyl (C=S) groups is 2. The summed E-state index contributed by atoms with van der Waals surface area (Å²) in [7, 11) is 12.5. The molecule has 10 nitrogen and oxygen atoms in total. The first-order valence-corrected chi connectivity index (χ1v) is 26.3. The molecule has 0 aromatic heterocycles. The Hall–Kier alpha value is 0.660. The Bertz CT molecular complexity index is 481. The Balaban J connectivity index is -0.0000000443. The van der Waals surface area contributed by atoms with Gasteiger partial charge in [0.15, 0.2) is 10.1 Å². The number of carbonyl (C=O) groups is 2. The van der Waals surface area contributed by atoms with E-state index in [-0.39, 0.29) is 11.9 Å². The number of thioether (sulfide) groups is 5. The maximum absolute atomic E-state index is 9.96. The number of esters is 2. The first-order valence-electron chi connectivity index (χ1n) is 17.9. The van der Waals surface area contributed by atoms with Crippen LogP contribution in [0.4, 0.5) is 0 Å². The Morgan fingerprint density at radius 1 is 0.464 bits per heavy atom. The van der Waals surface area contributed by atoms with Gasteiger partial charge in [-0.05, 0) is 91.6 Å². The van der Waals surface area contributed by atoms with Gasteiger partial charge < -0.3 is 37.9 Å². The van der Waals surface area contributed by atoms with E-state index in [1.165, 1.54) is 44.3 Å². The van der Waals surface area contributed by atoms with Crippen molar-refractivity contribution in [3.63, 3.8) is 0 Å². The predicted octanol–water partition coefficient (Wildman–Crippen LogP) is 11.8. The van der Waals surface area contributed by atoms with E-state index in [1.807, 2.05) is 61.6 Å². The van der Waals surface area contributed by atoms with Crippen molar-refractivity contribution in [2.75, 3.05) is 130 Å². The third kappa shape index (κ3) is 206. The van der Waals surface area contributed by atoms with Crippen molar-refractivity contribution in [3.05, 3.63) is 0 Å². The van der Waals surface area contributed by atoms with Gasteiger partial charge in [0.2, 0.25) is 0 Å². The fourth-order valence-electron chi connectivity index (χ4n) is 1.14. The van der Waals surface area contributed by atoms with Crippen LogP contribution in [0.15, 0.2) is 0 Å². The van der Waals surface area contributed by atoms with Gasteiger partial charge in [0.25, 0.3) is 0 Å². The van der Waals surface area contributed by atoms with E-state index >= 15 is 0 Å². The normalized spacial score (nSPS) is 7.89. The summed E-state index contributed by atoms with van der Waals surface area (Å²) in [5.74, 6) is 6.09. The zero-order valence-electron chi connectivity index (χ0n) is 39.6. The quantitative estimate of drug-likeness (QED) is 0.0727. The minimum Gasteiger partial charge on any atom is -0.490 e. The van der Waals surface area contributed by atoms with Gasteiger partial charge in [-0.3, -0.25) is 9.59 Å². The summed E-state index contributed by atoms with van der Waals surface area (Å²) >= 11 is 22.2. The molecule has 0 heterocycles. The molecule has 0 fully saturated rings. The smallest absolute Gasteiger partial charge is 0.305 e. The molecule has 0 aromatic carbocycles. The molecule has 0 saturated heterocycles. The largest absolute Gasteiger partial charge is 0.490 e. The molecule has 0 aliphatic rings. The lowest BCUT2D eigenvalue weighted by Crippen LogP contribution is -1.94. The molecule has 0 radical (unpaired) electrons. The highest BCUT2D eigenvalue weighted by Gasteiger charge is 1.88. The van der Waals surface area contributed by atoms with Crippen LogP contribution in [-0.4, -0.2) is 152 Å². The van der Waals surface area contributed by atoms with Crippen LogP contribution in [0.5, 0.6) is 0 Å². The molecule has 0 bridgehead atoms. The number of methoxy groups -OCH3 is 8. The van der Waals surface area contributed by atoms with E-state index in [1.54, 1.807) is 80.0 Å². The monoisotopic (exact) mass is 962 g/mol. The van der Waals surface area contributed by atoms with Crippen LogP contribution < -0.4 is 0 Å². The van der Waals surface area contributed by atoms with Crippen LogP contribution >= 0.6 is 95.9 Å². The van der Waals surface area contributed by atoms with E-state index in [0.29, 0.717) is 29.7 Å². The summed E-state index contributed by atoms with van der Waals surface area (Å²) in [6, 6.07) is 0. The van der Waals surface area contributed by atoms with Crippen LogP contribution in [0, 0.1) is 0 Å². The van der Waals surface area contributed by atoms with E-state index in [9.17, 15) is 9.59 Å². The van der Waals surface area contributed by atoms with Crippen LogP contribution in [0.25, 0.3) is 0 Å². The summed E-state index contributed by atoms with van der Waals surface area (Å²) in [5, 5.41) is 1.35. The molecule has 0 rings (SSSR count). The third-order valence-corrected chi connectivity index (χ3v) is 8.25. The SMILES string of the molecule is CCC(=O)OC.CCC(=O)OC.CCC(=S)OC.CCC(=S)OC.CCCS.CCCSC.CCSC.CCSC.COCOC.COCSC.COCSC. The molecule has 350 valence electrons. The third-order valence-electron chi connectivity index (χ3n) is 3.98. The summed E-state index contributed by atoms with van der Waals surface area (Å²) in [4.78, 5) is 19.9. The standard InChI is InChI=1S/2C4H8O2.2C4H8OS.C4H10S.C3H8O2.2C3H8OS.3C3H8S/c2*1-3-4(5)6-2;2*1-3-4(6)5-2;1-3-4-5-2;3*1-4-3-5-2;2*1-3-4-2;1-2-3-4/h4*3H2,1-2H3;3-4H2,1-2H3;3*3H2,1-2H3;2*3H2,1-2H3;4H,2-3H2,1H3. The van der Waals surface area contributed by atoms with E-state index in [2.05, 4.69) is 121 Å². The Morgan fingerprint density at radius 2 is 0.750 bits per heavy atom. The summed E-state index contributed by atoms with van der Waals surface area (Å²) in [5.41, 5.74) is 0. The van der Waals surface area contributed by atoms with Crippen molar-refractivity contribution in [2.24, 2.45) is 0 Å². The van der Waals surface area contributed by atoms with Gasteiger partial charge in [0, 0.05) is 54.1 Å². The van der Waals surface area contributed by atoms with Gasteiger partial charge in [-0.15, -0.1) is 23.5 Å². The lowest BCUT2D eigenvalue weighted by molar-refractivity contribution is -0.141. The first kappa shape index (κ1) is 84.2. The Labute approximate surface area is 386 Å². The van der Waals surface area contributed by atoms with Crippen molar-refractivity contribution in [3.8, 4) is 0 Å². The second kappa shape index (κ2) is 111. The Morgan fingerprint density at radius 3 is 0.750 bits per heavy atom. The number of thiol groups is 1. The summed E-state index contributed by atoms with van der Waals surface area (Å²) in [6.45, 7) is 16.4. The predicted molar refractivity (Wildman–Crippen MR) is 275 cm³/mol. The average molecular weight is 964 g/mol. The summed E-state index contributed by atoms with van der Waals surface area (Å²) < 4.78 is 36.0. The van der Waals surface area contributed by atoms with Gasteiger partial charge in [0.05, 0.1) is 40.3 Å². The van der Waals surface area contributed by atoms with E-state index < -0.39 is 0 Å².